The molecule has 4 aliphatic rings. The molecule has 0 radical (unpaired) electrons. The van der Waals surface area contributed by atoms with Gasteiger partial charge in [-0.2, -0.15) is 0 Å². The van der Waals surface area contributed by atoms with Crippen LogP contribution < -0.4 is 0 Å². The average molecular weight is 318 g/mol. The van der Waals surface area contributed by atoms with Crippen LogP contribution in [0.1, 0.15) is 59.3 Å². The zero-order valence-corrected chi connectivity index (χ0v) is 14.5. The molecule has 2 fully saturated rings. The Bertz CT molecular complexity index is 592. The summed E-state index contributed by atoms with van der Waals surface area (Å²) in [7, 11) is 0. The molecule has 0 amide bonds. The number of hydrogen-bond donors (Lipinski definition) is 3. The minimum absolute atomic E-state index is 0.0536. The van der Waals surface area contributed by atoms with Crippen molar-refractivity contribution in [2.24, 2.45) is 22.7 Å². The van der Waals surface area contributed by atoms with Crippen molar-refractivity contribution < 1.29 is 15.3 Å². The SMILES string of the molecule is C[C@H]1[C@H](O)CC2=C3C(CC[C@@]21C)[C@@]1(C)CC[C@H](O)C=C1C[C@@H]3O. The van der Waals surface area contributed by atoms with Crippen LogP contribution in [0.25, 0.3) is 0 Å². The van der Waals surface area contributed by atoms with E-state index in [1.54, 1.807) is 0 Å². The summed E-state index contributed by atoms with van der Waals surface area (Å²) in [6, 6.07) is 0. The van der Waals surface area contributed by atoms with Crippen LogP contribution in [-0.4, -0.2) is 33.6 Å². The maximum atomic E-state index is 10.9. The van der Waals surface area contributed by atoms with E-state index in [-0.39, 0.29) is 29.0 Å². The first-order valence-electron chi connectivity index (χ1n) is 9.26. The third-order valence-corrected chi connectivity index (χ3v) is 7.99. The summed E-state index contributed by atoms with van der Waals surface area (Å²) in [6.07, 6.45) is 6.37. The van der Waals surface area contributed by atoms with E-state index in [0.29, 0.717) is 12.3 Å². The second-order valence-corrected chi connectivity index (χ2v) is 8.94. The van der Waals surface area contributed by atoms with Crippen molar-refractivity contribution in [2.45, 2.75) is 77.6 Å². The van der Waals surface area contributed by atoms with E-state index in [0.717, 1.165) is 32.1 Å². The molecule has 0 heterocycles. The van der Waals surface area contributed by atoms with E-state index in [2.05, 4.69) is 20.8 Å². The van der Waals surface area contributed by atoms with Gasteiger partial charge in [-0.15, -0.1) is 0 Å². The molecule has 0 aromatic rings. The molecule has 23 heavy (non-hydrogen) atoms. The zero-order chi connectivity index (χ0) is 16.6. The van der Waals surface area contributed by atoms with E-state index in [1.807, 2.05) is 6.08 Å². The lowest BCUT2D eigenvalue weighted by Gasteiger charge is -2.54. The maximum Gasteiger partial charge on any atom is 0.0793 e. The number of aliphatic hydroxyl groups excluding tert-OH is 3. The standard InChI is InChI=1S/C20H30O3/c1-11-16(22)10-15-18-14(5-7-19(11,15)2)20(3)6-4-13(21)8-12(20)9-17(18)23/h8,11,13-14,16-17,21-23H,4-7,9-10H2,1-3H3/t11-,13-,14?,16+,17-,19+,20-/m0/s1. The Morgan fingerprint density at radius 1 is 1.00 bits per heavy atom. The number of rotatable bonds is 0. The Balaban J connectivity index is 1.84. The summed E-state index contributed by atoms with van der Waals surface area (Å²) < 4.78 is 0. The molecule has 0 aliphatic heterocycles. The maximum absolute atomic E-state index is 10.9. The summed E-state index contributed by atoms with van der Waals surface area (Å²) in [5.74, 6) is 0.654. The van der Waals surface area contributed by atoms with Gasteiger partial charge in [-0.05, 0) is 66.8 Å². The van der Waals surface area contributed by atoms with Gasteiger partial charge in [-0.25, -0.2) is 0 Å². The van der Waals surface area contributed by atoms with Crippen LogP contribution in [0.4, 0.5) is 0 Å². The Kier molecular flexibility index (Phi) is 3.40. The first kappa shape index (κ1) is 15.9. The van der Waals surface area contributed by atoms with Crippen LogP contribution in [0.5, 0.6) is 0 Å². The van der Waals surface area contributed by atoms with Gasteiger partial charge in [0, 0.05) is 0 Å². The van der Waals surface area contributed by atoms with Gasteiger partial charge in [0.05, 0.1) is 18.3 Å². The monoisotopic (exact) mass is 318 g/mol. The lowest BCUT2D eigenvalue weighted by molar-refractivity contribution is 0.0524. The van der Waals surface area contributed by atoms with Gasteiger partial charge in [-0.1, -0.05) is 38.0 Å². The number of fused-ring (bicyclic) bond motifs is 4. The van der Waals surface area contributed by atoms with Gasteiger partial charge < -0.3 is 15.3 Å². The summed E-state index contributed by atoms with van der Waals surface area (Å²) in [5, 5.41) is 31.4. The van der Waals surface area contributed by atoms with E-state index < -0.39 is 6.10 Å². The number of aliphatic hydroxyl groups is 3. The molecule has 4 rings (SSSR count). The van der Waals surface area contributed by atoms with E-state index in [1.165, 1.54) is 16.7 Å². The minimum atomic E-state index is -0.434. The highest BCUT2D eigenvalue weighted by molar-refractivity contribution is 5.42. The minimum Gasteiger partial charge on any atom is -0.392 e. The first-order chi connectivity index (χ1) is 10.8. The molecule has 2 saturated carbocycles. The van der Waals surface area contributed by atoms with Crippen LogP contribution in [-0.2, 0) is 0 Å². The molecule has 0 spiro atoms. The van der Waals surface area contributed by atoms with E-state index >= 15 is 0 Å². The molecule has 1 unspecified atom stereocenters. The van der Waals surface area contributed by atoms with Gasteiger partial charge in [0.15, 0.2) is 0 Å². The summed E-state index contributed by atoms with van der Waals surface area (Å²) in [4.78, 5) is 0. The molecule has 4 aliphatic carbocycles. The molecule has 0 aromatic heterocycles. The van der Waals surface area contributed by atoms with Crippen molar-refractivity contribution in [2.75, 3.05) is 0 Å². The predicted molar refractivity (Wildman–Crippen MR) is 89.7 cm³/mol. The summed E-state index contributed by atoms with van der Waals surface area (Å²) in [5.41, 5.74) is 4.00. The van der Waals surface area contributed by atoms with Crippen LogP contribution in [0.15, 0.2) is 22.8 Å². The fourth-order valence-electron chi connectivity index (χ4n) is 6.18. The van der Waals surface area contributed by atoms with Crippen molar-refractivity contribution in [3.63, 3.8) is 0 Å². The van der Waals surface area contributed by atoms with Crippen LogP contribution in [0, 0.1) is 22.7 Å². The largest absolute Gasteiger partial charge is 0.392 e. The normalized spacial score (nSPS) is 52.6. The van der Waals surface area contributed by atoms with Crippen molar-refractivity contribution in [3.05, 3.63) is 22.8 Å². The quantitative estimate of drug-likeness (QED) is 0.602. The molecule has 0 saturated heterocycles. The van der Waals surface area contributed by atoms with Gasteiger partial charge in [0.25, 0.3) is 0 Å². The summed E-state index contributed by atoms with van der Waals surface area (Å²) in [6.45, 7) is 6.79. The molecule has 0 aromatic carbocycles. The van der Waals surface area contributed by atoms with Crippen molar-refractivity contribution in [3.8, 4) is 0 Å². The summed E-state index contributed by atoms with van der Waals surface area (Å²) >= 11 is 0. The van der Waals surface area contributed by atoms with Crippen LogP contribution >= 0.6 is 0 Å². The van der Waals surface area contributed by atoms with Crippen molar-refractivity contribution >= 4 is 0 Å². The number of hydrogen-bond acceptors (Lipinski definition) is 3. The molecule has 0 bridgehead atoms. The van der Waals surface area contributed by atoms with Crippen molar-refractivity contribution in [1.82, 2.24) is 0 Å². The molecule has 3 nitrogen and oxygen atoms in total. The fraction of sp³-hybridized carbons (Fsp3) is 0.800. The van der Waals surface area contributed by atoms with Gasteiger partial charge in [-0.3, -0.25) is 0 Å². The first-order valence-corrected chi connectivity index (χ1v) is 9.26. The lowest BCUT2D eigenvalue weighted by Crippen LogP contribution is -2.47. The smallest absolute Gasteiger partial charge is 0.0793 e. The third-order valence-electron chi connectivity index (χ3n) is 7.99. The molecule has 128 valence electrons. The topological polar surface area (TPSA) is 60.7 Å². The Hall–Kier alpha value is -0.640. The van der Waals surface area contributed by atoms with E-state index in [4.69, 9.17) is 0 Å². The van der Waals surface area contributed by atoms with Gasteiger partial charge >= 0.3 is 0 Å². The highest BCUT2D eigenvalue weighted by Gasteiger charge is 2.56. The molecule has 3 N–H and O–H groups in total. The zero-order valence-electron chi connectivity index (χ0n) is 14.5. The molecule has 7 atom stereocenters. The molecular formula is C20H30O3. The Morgan fingerprint density at radius 2 is 1.70 bits per heavy atom. The van der Waals surface area contributed by atoms with Gasteiger partial charge in [0.2, 0.25) is 0 Å². The lowest BCUT2D eigenvalue weighted by atomic mass is 9.51. The van der Waals surface area contributed by atoms with Crippen LogP contribution in [0.3, 0.4) is 0 Å². The third kappa shape index (κ3) is 1.99. The molecular weight excluding hydrogens is 288 g/mol. The predicted octanol–water partition coefficient (Wildman–Crippen LogP) is 2.95. The van der Waals surface area contributed by atoms with E-state index in [9.17, 15) is 15.3 Å². The highest BCUT2D eigenvalue weighted by Crippen LogP contribution is 2.63. The fourth-order valence-corrected chi connectivity index (χ4v) is 6.18. The second kappa shape index (κ2) is 4.93. The average Bonchev–Trinajstić information content (AvgIpc) is 2.73. The van der Waals surface area contributed by atoms with Crippen LogP contribution in [0.2, 0.25) is 0 Å². The Labute approximate surface area is 139 Å². The molecule has 3 heteroatoms. The second-order valence-electron chi connectivity index (χ2n) is 8.94. The highest BCUT2D eigenvalue weighted by atomic mass is 16.3. The van der Waals surface area contributed by atoms with Crippen molar-refractivity contribution in [1.29, 1.82) is 0 Å². The van der Waals surface area contributed by atoms with Gasteiger partial charge in [0.1, 0.15) is 0 Å². The Morgan fingerprint density at radius 3 is 2.43 bits per heavy atom.